The lowest BCUT2D eigenvalue weighted by Crippen LogP contribution is -2.41. The van der Waals surface area contributed by atoms with E-state index in [0.29, 0.717) is 47.5 Å². The molecule has 0 radical (unpaired) electrons. The molecule has 3 aromatic rings. The van der Waals surface area contributed by atoms with Crippen LogP contribution in [0.5, 0.6) is 11.5 Å². The summed E-state index contributed by atoms with van der Waals surface area (Å²) in [5.74, 6) is 3.12. The second-order valence-electron chi connectivity index (χ2n) is 13.8. The number of amides is 2. The van der Waals surface area contributed by atoms with Gasteiger partial charge < -0.3 is 24.0 Å². The molecule has 0 N–H and O–H groups in total. The lowest BCUT2D eigenvalue weighted by atomic mass is 9.85. The first-order valence-electron chi connectivity index (χ1n) is 17.3. The van der Waals surface area contributed by atoms with Gasteiger partial charge in [-0.1, -0.05) is 23.7 Å². The number of hydrogen-bond acceptors (Lipinski definition) is 9. The first kappa shape index (κ1) is 33.6. The van der Waals surface area contributed by atoms with Gasteiger partial charge >= 0.3 is 0 Å². The van der Waals surface area contributed by atoms with Crippen molar-refractivity contribution in [2.75, 3.05) is 64.0 Å². The normalized spacial score (nSPS) is 24.3. The molecule has 0 spiro atoms. The van der Waals surface area contributed by atoms with Gasteiger partial charge in [-0.25, -0.2) is 9.97 Å². The van der Waals surface area contributed by atoms with Gasteiger partial charge in [-0.3, -0.25) is 19.4 Å². The van der Waals surface area contributed by atoms with Crippen molar-refractivity contribution in [3.63, 3.8) is 0 Å². The predicted octanol–water partition coefficient (Wildman–Crippen LogP) is 5.10. The highest BCUT2D eigenvalue weighted by atomic mass is 35.5. The highest BCUT2D eigenvalue weighted by Crippen LogP contribution is 2.43. The molecule has 1 aromatic heterocycles. The lowest BCUT2D eigenvalue weighted by molar-refractivity contribution is -0.125. The molecule has 4 aliphatic rings. The average molecular weight is 689 g/mol. The van der Waals surface area contributed by atoms with E-state index in [1.807, 2.05) is 55.4 Å². The number of anilines is 2. The molecule has 3 fully saturated rings. The minimum Gasteiger partial charge on any atom is -0.493 e. The van der Waals surface area contributed by atoms with E-state index in [-0.39, 0.29) is 24.3 Å². The molecule has 1 aliphatic carbocycles. The van der Waals surface area contributed by atoms with Crippen molar-refractivity contribution >= 4 is 35.1 Å². The molecule has 2 atom stereocenters. The Morgan fingerprint density at radius 2 is 1.80 bits per heavy atom. The van der Waals surface area contributed by atoms with Gasteiger partial charge in [-0.2, -0.15) is 0 Å². The summed E-state index contributed by atoms with van der Waals surface area (Å²) in [4.78, 5) is 43.6. The smallest absolute Gasteiger partial charge is 0.237 e. The monoisotopic (exact) mass is 688 g/mol. The van der Waals surface area contributed by atoms with Crippen LogP contribution in [0.3, 0.4) is 0 Å². The van der Waals surface area contributed by atoms with Crippen LogP contribution >= 0.6 is 11.6 Å². The fourth-order valence-corrected chi connectivity index (χ4v) is 7.90. The maximum atomic E-state index is 13.9. The van der Waals surface area contributed by atoms with Crippen LogP contribution in [-0.2, 0) is 20.7 Å². The predicted molar refractivity (Wildman–Crippen MR) is 187 cm³/mol. The van der Waals surface area contributed by atoms with Crippen LogP contribution in [-0.4, -0.2) is 97.9 Å². The molecule has 12 heteroatoms. The largest absolute Gasteiger partial charge is 0.493 e. The Labute approximate surface area is 293 Å². The van der Waals surface area contributed by atoms with E-state index in [4.69, 9.17) is 35.8 Å². The highest BCUT2D eigenvalue weighted by molar-refractivity contribution is 6.30. The molecule has 2 saturated heterocycles. The summed E-state index contributed by atoms with van der Waals surface area (Å²) in [6.45, 7) is 3.33. The summed E-state index contributed by atoms with van der Waals surface area (Å²) in [6.07, 6.45) is 10.1. The van der Waals surface area contributed by atoms with Gasteiger partial charge in [-0.05, 0) is 85.4 Å². The fraction of sp³-hybridized carbons (Fsp3) is 0.514. The zero-order chi connectivity index (χ0) is 34.1. The summed E-state index contributed by atoms with van der Waals surface area (Å²) in [5.41, 5.74) is 2.72. The van der Waals surface area contributed by atoms with Crippen molar-refractivity contribution in [3.05, 3.63) is 70.5 Å². The summed E-state index contributed by atoms with van der Waals surface area (Å²) in [6, 6.07) is 11.5. The maximum absolute atomic E-state index is 13.9. The number of likely N-dealkylation sites (N-methyl/N-ethyl adjacent to an activating group) is 1. The molecule has 4 heterocycles. The number of ether oxygens (including phenoxy) is 3. The van der Waals surface area contributed by atoms with Gasteiger partial charge in [-0.15, -0.1) is 0 Å². The van der Waals surface area contributed by atoms with Crippen molar-refractivity contribution in [1.82, 2.24) is 19.8 Å². The van der Waals surface area contributed by atoms with Gasteiger partial charge in [0.1, 0.15) is 12.4 Å². The van der Waals surface area contributed by atoms with Crippen LogP contribution in [0.4, 0.5) is 11.6 Å². The minimum absolute atomic E-state index is 0.0528. The summed E-state index contributed by atoms with van der Waals surface area (Å²) in [7, 11) is 5.54. The van der Waals surface area contributed by atoms with E-state index >= 15 is 0 Å². The first-order valence-corrected chi connectivity index (χ1v) is 17.7. The van der Waals surface area contributed by atoms with E-state index in [2.05, 4.69) is 9.80 Å². The number of carbonyl (C=O) groups excluding carboxylic acids is 2. The molecule has 3 aliphatic heterocycles. The number of aromatic nitrogens is 2. The van der Waals surface area contributed by atoms with Crippen molar-refractivity contribution in [1.29, 1.82) is 0 Å². The Hall–Kier alpha value is -3.93. The summed E-state index contributed by atoms with van der Waals surface area (Å²) in [5, 5.41) is 0.618. The zero-order valence-electron chi connectivity index (χ0n) is 28.5. The Morgan fingerprint density at radius 1 is 1.00 bits per heavy atom. The van der Waals surface area contributed by atoms with Crippen LogP contribution in [0, 0.1) is 5.92 Å². The average Bonchev–Trinajstić information content (AvgIpc) is 3.76. The van der Waals surface area contributed by atoms with Gasteiger partial charge in [0.2, 0.25) is 11.8 Å². The molecule has 0 bridgehead atoms. The summed E-state index contributed by atoms with van der Waals surface area (Å²) >= 11 is 6.29. The third-order valence-corrected chi connectivity index (χ3v) is 10.8. The highest BCUT2D eigenvalue weighted by Gasteiger charge is 2.37. The SMILES string of the molecule is COc1cc2c(cc1OCC1CCCO1)[C@H](c1ccc(Cl)cc1)N(c1cnc(N(C)CC3CCC(N4CC(=O)N(C)C4)CC3)cn1)C(=O)C2. The van der Waals surface area contributed by atoms with Crippen molar-refractivity contribution in [3.8, 4) is 11.5 Å². The zero-order valence-corrected chi connectivity index (χ0v) is 29.3. The molecule has 2 aromatic carbocycles. The minimum atomic E-state index is -0.469. The standard InChI is InChI=1S/C37H45ClN6O5/c1-41(20-24-6-12-28(13-7-24)43-21-36(46)42(2)23-43)33-18-40-34(19-39-33)44-35(45)16-26-15-31(47-3)32(49-22-29-5-4-14-48-29)17-30(26)37(44)25-8-10-27(38)11-9-25/h8-11,15,17-19,24,28-29,37H,4-7,12-14,16,20-23H2,1-3H3/t24?,28?,29?,37-/m0/s1. The van der Waals surface area contributed by atoms with Crippen molar-refractivity contribution in [2.45, 2.75) is 63.1 Å². The second kappa shape index (κ2) is 14.5. The Bertz CT molecular complexity index is 1640. The molecule has 7 rings (SSSR count). The number of nitrogens with zero attached hydrogens (tertiary/aromatic N) is 6. The molecule has 260 valence electrons. The molecule has 1 unspecified atom stereocenters. The van der Waals surface area contributed by atoms with Gasteiger partial charge in [0, 0.05) is 38.3 Å². The van der Waals surface area contributed by atoms with E-state index in [1.54, 1.807) is 24.4 Å². The van der Waals surface area contributed by atoms with Crippen molar-refractivity contribution < 1.29 is 23.8 Å². The van der Waals surface area contributed by atoms with E-state index in [1.165, 1.54) is 0 Å². The number of carbonyl (C=O) groups is 2. The number of halogens is 1. The molecular formula is C37H45ClN6O5. The Balaban J connectivity index is 1.09. The van der Waals surface area contributed by atoms with Gasteiger partial charge in [0.25, 0.3) is 0 Å². The Morgan fingerprint density at radius 3 is 2.45 bits per heavy atom. The lowest BCUT2D eigenvalue weighted by Gasteiger charge is -2.37. The molecular weight excluding hydrogens is 644 g/mol. The van der Waals surface area contributed by atoms with E-state index in [0.717, 1.165) is 80.9 Å². The van der Waals surface area contributed by atoms with Gasteiger partial charge in [0.05, 0.1) is 51.3 Å². The van der Waals surface area contributed by atoms with Crippen LogP contribution in [0.1, 0.15) is 61.3 Å². The number of hydrogen-bond donors (Lipinski definition) is 0. The molecule has 2 amide bonds. The molecule has 1 saturated carbocycles. The molecule has 49 heavy (non-hydrogen) atoms. The third-order valence-electron chi connectivity index (χ3n) is 10.5. The molecule has 11 nitrogen and oxygen atoms in total. The summed E-state index contributed by atoms with van der Waals surface area (Å²) < 4.78 is 17.8. The number of benzene rings is 2. The third kappa shape index (κ3) is 7.20. The van der Waals surface area contributed by atoms with Crippen LogP contribution in [0.25, 0.3) is 0 Å². The number of fused-ring (bicyclic) bond motifs is 1. The van der Waals surface area contributed by atoms with Crippen LogP contribution in [0.2, 0.25) is 5.02 Å². The van der Waals surface area contributed by atoms with E-state index < -0.39 is 6.04 Å². The van der Waals surface area contributed by atoms with Crippen LogP contribution in [0.15, 0.2) is 48.8 Å². The first-order chi connectivity index (χ1) is 23.8. The second-order valence-corrected chi connectivity index (χ2v) is 14.2. The van der Waals surface area contributed by atoms with Crippen molar-refractivity contribution in [2.24, 2.45) is 5.92 Å². The van der Waals surface area contributed by atoms with Crippen LogP contribution < -0.4 is 19.3 Å². The number of rotatable bonds is 10. The van der Waals surface area contributed by atoms with Gasteiger partial charge in [0.15, 0.2) is 17.3 Å². The van der Waals surface area contributed by atoms with E-state index in [9.17, 15) is 9.59 Å². The maximum Gasteiger partial charge on any atom is 0.237 e. The quantitative estimate of drug-likeness (QED) is 0.288. The number of methoxy groups -OCH3 is 1. The Kier molecular flexibility index (Phi) is 9.94. The fourth-order valence-electron chi connectivity index (χ4n) is 7.77. The topological polar surface area (TPSA) is 101 Å².